The molecule has 2 aromatic rings. The predicted octanol–water partition coefficient (Wildman–Crippen LogP) is 2.08. The first-order valence-electron chi connectivity index (χ1n) is 7.77. The standard InChI is InChI=1S/C18H20N4O3/c1-24-16-6-5-13(8-17(16)25-2)4-3-7-21-18(23)14(10-19)9-15-11-20-12-22-15/h5-6,8-9,11-12H,3-4,7H2,1-2H3,(H,20,22)(H,21,23)/b14-9+. The van der Waals surface area contributed by atoms with Gasteiger partial charge in [-0.25, -0.2) is 4.98 Å². The van der Waals surface area contributed by atoms with Gasteiger partial charge in [0.25, 0.3) is 5.91 Å². The molecule has 0 aliphatic carbocycles. The first-order chi connectivity index (χ1) is 12.2. The lowest BCUT2D eigenvalue weighted by Crippen LogP contribution is -2.25. The highest BCUT2D eigenvalue weighted by Gasteiger charge is 2.09. The molecule has 0 saturated carbocycles. The number of methoxy groups -OCH3 is 2. The van der Waals surface area contributed by atoms with E-state index in [0.29, 0.717) is 23.7 Å². The minimum Gasteiger partial charge on any atom is -0.493 e. The largest absolute Gasteiger partial charge is 0.493 e. The average Bonchev–Trinajstić information content (AvgIpc) is 3.16. The molecule has 0 bridgehead atoms. The van der Waals surface area contributed by atoms with E-state index in [1.165, 1.54) is 12.4 Å². The van der Waals surface area contributed by atoms with Crippen molar-refractivity contribution < 1.29 is 14.3 Å². The molecule has 1 heterocycles. The number of aryl methyl sites for hydroxylation is 1. The van der Waals surface area contributed by atoms with Crippen molar-refractivity contribution in [3.8, 4) is 17.6 Å². The highest BCUT2D eigenvalue weighted by molar-refractivity contribution is 6.01. The van der Waals surface area contributed by atoms with Gasteiger partial charge in [0.1, 0.15) is 11.6 Å². The monoisotopic (exact) mass is 340 g/mol. The normalized spacial score (nSPS) is 10.8. The number of benzene rings is 1. The molecule has 1 aromatic carbocycles. The van der Waals surface area contributed by atoms with Gasteiger partial charge in [-0.05, 0) is 36.6 Å². The van der Waals surface area contributed by atoms with Crippen LogP contribution in [0.5, 0.6) is 11.5 Å². The number of nitrogens with one attached hydrogen (secondary N) is 2. The van der Waals surface area contributed by atoms with Gasteiger partial charge in [-0.3, -0.25) is 4.79 Å². The maximum Gasteiger partial charge on any atom is 0.262 e. The van der Waals surface area contributed by atoms with Crippen LogP contribution in [0, 0.1) is 11.3 Å². The zero-order valence-electron chi connectivity index (χ0n) is 14.2. The highest BCUT2D eigenvalue weighted by atomic mass is 16.5. The summed E-state index contributed by atoms with van der Waals surface area (Å²) in [5.74, 6) is 0.963. The number of aromatic nitrogens is 2. The first kappa shape index (κ1) is 18.1. The quantitative estimate of drug-likeness (QED) is 0.435. The Balaban J connectivity index is 1.84. The number of hydrogen-bond donors (Lipinski definition) is 2. The molecule has 130 valence electrons. The maximum absolute atomic E-state index is 12.0. The van der Waals surface area contributed by atoms with E-state index in [0.717, 1.165) is 18.4 Å². The van der Waals surface area contributed by atoms with E-state index in [4.69, 9.17) is 14.7 Å². The van der Waals surface area contributed by atoms with Gasteiger partial charge in [0.2, 0.25) is 0 Å². The Morgan fingerprint density at radius 3 is 2.80 bits per heavy atom. The lowest BCUT2D eigenvalue weighted by atomic mass is 10.1. The average molecular weight is 340 g/mol. The molecule has 7 heteroatoms. The van der Waals surface area contributed by atoms with Crippen LogP contribution in [-0.4, -0.2) is 36.6 Å². The number of aromatic amines is 1. The Labute approximate surface area is 146 Å². The molecule has 0 saturated heterocycles. The van der Waals surface area contributed by atoms with Crippen LogP contribution in [0.25, 0.3) is 6.08 Å². The Kier molecular flexibility index (Phi) is 6.60. The molecule has 0 spiro atoms. The molecule has 25 heavy (non-hydrogen) atoms. The van der Waals surface area contributed by atoms with Gasteiger partial charge in [0.15, 0.2) is 11.5 Å². The van der Waals surface area contributed by atoms with Crippen molar-refractivity contribution in [1.29, 1.82) is 5.26 Å². The third-order valence-electron chi connectivity index (χ3n) is 3.56. The van der Waals surface area contributed by atoms with E-state index in [1.54, 1.807) is 20.4 Å². The van der Waals surface area contributed by atoms with Gasteiger partial charge in [-0.2, -0.15) is 5.26 Å². The number of carbonyl (C=O) groups excluding carboxylic acids is 1. The molecule has 0 radical (unpaired) electrons. The first-order valence-corrected chi connectivity index (χ1v) is 7.77. The second-order valence-corrected chi connectivity index (χ2v) is 5.23. The van der Waals surface area contributed by atoms with E-state index in [9.17, 15) is 4.79 Å². The SMILES string of the molecule is COc1ccc(CCCNC(=O)/C(C#N)=C/c2cnc[nH]2)cc1OC. The number of hydrogen-bond acceptors (Lipinski definition) is 5. The summed E-state index contributed by atoms with van der Waals surface area (Å²) in [4.78, 5) is 18.7. The van der Waals surface area contributed by atoms with Crippen molar-refractivity contribution in [2.75, 3.05) is 20.8 Å². The summed E-state index contributed by atoms with van der Waals surface area (Å²) in [5.41, 5.74) is 1.73. The number of rotatable bonds is 8. The second-order valence-electron chi connectivity index (χ2n) is 5.23. The molecule has 0 aliphatic heterocycles. The smallest absolute Gasteiger partial charge is 0.262 e. The van der Waals surface area contributed by atoms with Crippen molar-refractivity contribution in [3.63, 3.8) is 0 Å². The molecule has 1 amide bonds. The minimum absolute atomic E-state index is 0.0374. The van der Waals surface area contributed by atoms with Crippen LogP contribution in [0.3, 0.4) is 0 Å². The number of ether oxygens (including phenoxy) is 2. The van der Waals surface area contributed by atoms with Crippen LogP contribution in [-0.2, 0) is 11.2 Å². The summed E-state index contributed by atoms with van der Waals surface area (Å²) in [6.07, 6.45) is 6.01. The number of nitriles is 1. The van der Waals surface area contributed by atoms with Gasteiger partial charge >= 0.3 is 0 Å². The number of carbonyl (C=O) groups is 1. The molecule has 0 unspecified atom stereocenters. The fourth-order valence-corrected chi connectivity index (χ4v) is 2.28. The number of H-pyrrole nitrogens is 1. The summed E-state index contributed by atoms with van der Waals surface area (Å²) in [6, 6.07) is 7.63. The fraction of sp³-hybridized carbons (Fsp3) is 0.278. The van der Waals surface area contributed by atoms with E-state index >= 15 is 0 Å². The lowest BCUT2D eigenvalue weighted by Gasteiger charge is -2.09. The minimum atomic E-state index is -0.399. The van der Waals surface area contributed by atoms with Gasteiger partial charge < -0.3 is 19.8 Å². The second kappa shape index (κ2) is 9.13. The van der Waals surface area contributed by atoms with Gasteiger partial charge in [0.05, 0.1) is 32.4 Å². The Morgan fingerprint density at radius 1 is 1.36 bits per heavy atom. The molecule has 0 fully saturated rings. The number of imidazole rings is 1. The summed E-state index contributed by atoms with van der Waals surface area (Å²) in [6.45, 7) is 0.467. The number of nitrogens with zero attached hydrogens (tertiary/aromatic N) is 2. The zero-order valence-corrected chi connectivity index (χ0v) is 14.2. The molecule has 2 N–H and O–H groups in total. The van der Waals surface area contributed by atoms with Crippen molar-refractivity contribution in [3.05, 3.63) is 47.6 Å². The van der Waals surface area contributed by atoms with Gasteiger partial charge in [0, 0.05) is 6.54 Å². The van der Waals surface area contributed by atoms with Crippen molar-refractivity contribution in [1.82, 2.24) is 15.3 Å². The predicted molar refractivity (Wildman–Crippen MR) is 93.1 cm³/mol. The third kappa shape index (κ3) is 5.11. The van der Waals surface area contributed by atoms with Crippen LogP contribution in [0.2, 0.25) is 0 Å². The molecular weight excluding hydrogens is 320 g/mol. The summed E-state index contributed by atoms with van der Waals surface area (Å²) >= 11 is 0. The lowest BCUT2D eigenvalue weighted by molar-refractivity contribution is -0.117. The molecule has 0 atom stereocenters. The topological polar surface area (TPSA) is 100 Å². The van der Waals surface area contributed by atoms with Crippen LogP contribution < -0.4 is 14.8 Å². The van der Waals surface area contributed by atoms with Crippen LogP contribution >= 0.6 is 0 Å². The van der Waals surface area contributed by atoms with Crippen molar-refractivity contribution in [2.24, 2.45) is 0 Å². The summed E-state index contributed by atoms with van der Waals surface area (Å²) < 4.78 is 10.5. The molecule has 0 aliphatic rings. The Hall–Kier alpha value is -3.27. The van der Waals surface area contributed by atoms with E-state index in [1.807, 2.05) is 24.3 Å². The maximum atomic E-state index is 12.0. The van der Waals surface area contributed by atoms with E-state index in [2.05, 4.69) is 15.3 Å². The summed E-state index contributed by atoms with van der Waals surface area (Å²) in [7, 11) is 3.19. The summed E-state index contributed by atoms with van der Waals surface area (Å²) in [5, 5.41) is 11.8. The van der Waals surface area contributed by atoms with E-state index in [-0.39, 0.29) is 5.57 Å². The van der Waals surface area contributed by atoms with Crippen molar-refractivity contribution >= 4 is 12.0 Å². The Bertz CT molecular complexity index is 776. The van der Waals surface area contributed by atoms with E-state index < -0.39 is 5.91 Å². The van der Waals surface area contributed by atoms with Crippen LogP contribution in [0.4, 0.5) is 0 Å². The molecule has 2 rings (SSSR count). The Morgan fingerprint density at radius 2 is 2.16 bits per heavy atom. The van der Waals surface area contributed by atoms with Gasteiger partial charge in [-0.15, -0.1) is 0 Å². The van der Waals surface area contributed by atoms with Gasteiger partial charge in [-0.1, -0.05) is 6.07 Å². The van der Waals surface area contributed by atoms with Crippen LogP contribution in [0.15, 0.2) is 36.3 Å². The molecule has 1 aromatic heterocycles. The third-order valence-corrected chi connectivity index (χ3v) is 3.56. The zero-order chi connectivity index (χ0) is 18.1. The van der Waals surface area contributed by atoms with Crippen LogP contribution in [0.1, 0.15) is 17.7 Å². The highest BCUT2D eigenvalue weighted by Crippen LogP contribution is 2.27. The fourth-order valence-electron chi connectivity index (χ4n) is 2.28. The van der Waals surface area contributed by atoms with Crippen molar-refractivity contribution in [2.45, 2.75) is 12.8 Å². The molecular formula is C18H20N4O3. The molecule has 7 nitrogen and oxygen atoms in total. The number of amides is 1.